The first-order chi connectivity index (χ1) is 16.4. The number of hydrogen-bond acceptors (Lipinski definition) is 6. The van der Waals surface area contributed by atoms with E-state index in [2.05, 4.69) is 20.3 Å². The normalized spacial score (nSPS) is 20.0. The monoisotopic (exact) mass is 511 g/mol. The SMILES string of the molecule is Cc1nc(C(=O)N2CC(F)(F)C[C@@H](C)[C@H]2CNc2ncc(C(F)(F)F)cn2)c(-c2ccccc2)s1. The zero-order valence-corrected chi connectivity index (χ0v) is 19.6. The summed E-state index contributed by atoms with van der Waals surface area (Å²) in [6.45, 7) is 2.54. The van der Waals surface area contributed by atoms with Gasteiger partial charge in [0, 0.05) is 25.4 Å². The van der Waals surface area contributed by atoms with Gasteiger partial charge in [-0.2, -0.15) is 13.2 Å². The third-order valence-corrected chi connectivity index (χ3v) is 6.78. The summed E-state index contributed by atoms with van der Waals surface area (Å²) in [5.41, 5.74) is -0.150. The molecule has 0 saturated carbocycles. The van der Waals surface area contributed by atoms with E-state index in [-0.39, 0.29) is 18.2 Å². The smallest absolute Gasteiger partial charge is 0.352 e. The predicted octanol–water partition coefficient (Wildman–Crippen LogP) is 5.53. The third kappa shape index (κ3) is 5.58. The Labute approximate surface area is 202 Å². The van der Waals surface area contributed by atoms with Gasteiger partial charge in [0.1, 0.15) is 5.69 Å². The Hall–Kier alpha value is -3.15. The number of rotatable bonds is 5. The molecule has 1 fully saturated rings. The number of likely N-dealkylation sites (tertiary alicyclic amines) is 1. The van der Waals surface area contributed by atoms with Crippen molar-refractivity contribution in [3.63, 3.8) is 0 Å². The van der Waals surface area contributed by atoms with Crippen LogP contribution in [0.2, 0.25) is 0 Å². The molecule has 2 aromatic heterocycles. The van der Waals surface area contributed by atoms with Crippen molar-refractivity contribution in [3.8, 4) is 10.4 Å². The van der Waals surface area contributed by atoms with E-state index in [1.807, 2.05) is 30.3 Å². The van der Waals surface area contributed by atoms with E-state index >= 15 is 0 Å². The molecule has 6 nitrogen and oxygen atoms in total. The molecule has 1 aliphatic rings. The van der Waals surface area contributed by atoms with E-state index in [0.29, 0.717) is 22.3 Å². The minimum absolute atomic E-state index is 0.0157. The number of nitrogens with zero attached hydrogens (tertiary/aromatic N) is 4. The molecule has 3 aromatic rings. The van der Waals surface area contributed by atoms with E-state index < -0.39 is 48.5 Å². The second kappa shape index (κ2) is 9.48. The lowest BCUT2D eigenvalue weighted by Crippen LogP contribution is -2.57. The van der Waals surface area contributed by atoms with Crippen molar-refractivity contribution in [1.29, 1.82) is 0 Å². The van der Waals surface area contributed by atoms with Gasteiger partial charge in [-0.3, -0.25) is 4.79 Å². The van der Waals surface area contributed by atoms with Gasteiger partial charge in [-0.25, -0.2) is 23.7 Å². The largest absolute Gasteiger partial charge is 0.419 e. The van der Waals surface area contributed by atoms with E-state index in [4.69, 9.17) is 0 Å². The van der Waals surface area contributed by atoms with E-state index in [9.17, 15) is 26.7 Å². The van der Waals surface area contributed by atoms with Crippen LogP contribution in [-0.2, 0) is 6.18 Å². The number of alkyl halides is 5. The number of amides is 1. The summed E-state index contributed by atoms with van der Waals surface area (Å²) in [4.78, 5) is 26.9. The number of halogens is 5. The van der Waals surface area contributed by atoms with Crippen LogP contribution in [0.15, 0.2) is 42.7 Å². The highest BCUT2D eigenvalue weighted by Crippen LogP contribution is 2.37. The van der Waals surface area contributed by atoms with Crippen molar-refractivity contribution >= 4 is 23.2 Å². The molecule has 1 aliphatic heterocycles. The fourth-order valence-electron chi connectivity index (χ4n) is 4.13. The number of piperidine rings is 1. The van der Waals surface area contributed by atoms with Gasteiger partial charge < -0.3 is 10.2 Å². The molecule has 4 rings (SSSR count). The Bertz CT molecular complexity index is 1180. The summed E-state index contributed by atoms with van der Waals surface area (Å²) < 4.78 is 67.4. The van der Waals surface area contributed by atoms with Gasteiger partial charge in [-0.15, -0.1) is 11.3 Å². The van der Waals surface area contributed by atoms with Crippen molar-refractivity contribution in [1.82, 2.24) is 19.9 Å². The molecule has 0 radical (unpaired) electrons. The van der Waals surface area contributed by atoms with Crippen LogP contribution in [0.4, 0.5) is 27.9 Å². The molecular formula is C23H22F5N5OS. The Kier molecular flexibility index (Phi) is 6.76. The Morgan fingerprint density at radius 1 is 1.20 bits per heavy atom. The average Bonchev–Trinajstić information content (AvgIpc) is 3.19. The lowest BCUT2D eigenvalue weighted by molar-refractivity contribution is -0.138. The molecule has 1 N–H and O–H groups in total. The lowest BCUT2D eigenvalue weighted by Gasteiger charge is -2.43. The van der Waals surface area contributed by atoms with Gasteiger partial charge in [0.2, 0.25) is 5.95 Å². The van der Waals surface area contributed by atoms with Crippen LogP contribution >= 0.6 is 11.3 Å². The maximum atomic E-state index is 14.5. The Morgan fingerprint density at radius 2 is 1.86 bits per heavy atom. The summed E-state index contributed by atoms with van der Waals surface area (Å²) in [6, 6.07) is 8.41. The molecule has 35 heavy (non-hydrogen) atoms. The number of aromatic nitrogens is 3. The van der Waals surface area contributed by atoms with Gasteiger partial charge in [0.15, 0.2) is 0 Å². The van der Waals surface area contributed by atoms with Crippen LogP contribution in [0, 0.1) is 12.8 Å². The summed E-state index contributed by atoms with van der Waals surface area (Å²) in [7, 11) is 0. The van der Waals surface area contributed by atoms with Gasteiger partial charge in [0.05, 0.1) is 28.0 Å². The average molecular weight is 512 g/mol. The zero-order chi connectivity index (χ0) is 25.4. The first kappa shape index (κ1) is 25.0. The number of carbonyl (C=O) groups excluding carboxylic acids is 1. The van der Waals surface area contributed by atoms with Crippen LogP contribution in [0.5, 0.6) is 0 Å². The second-order valence-electron chi connectivity index (χ2n) is 8.49. The van der Waals surface area contributed by atoms with Crippen LogP contribution in [0.25, 0.3) is 10.4 Å². The van der Waals surface area contributed by atoms with E-state index in [0.717, 1.165) is 10.5 Å². The number of nitrogens with one attached hydrogen (secondary N) is 1. The first-order valence-electron chi connectivity index (χ1n) is 10.8. The minimum Gasteiger partial charge on any atom is -0.352 e. The van der Waals surface area contributed by atoms with Crippen molar-refractivity contribution in [3.05, 3.63) is 59.0 Å². The molecule has 1 amide bonds. The Morgan fingerprint density at radius 3 is 2.49 bits per heavy atom. The molecule has 0 unspecified atom stereocenters. The number of anilines is 1. The lowest BCUT2D eigenvalue weighted by atomic mass is 9.88. The van der Waals surface area contributed by atoms with E-state index in [1.165, 1.54) is 11.3 Å². The minimum atomic E-state index is -4.58. The molecule has 0 bridgehead atoms. The number of hydrogen-bond donors (Lipinski definition) is 1. The summed E-state index contributed by atoms with van der Waals surface area (Å²) in [5.74, 6) is -4.41. The summed E-state index contributed by atoms with van der Waals surface area (Å²) >= 11 is 1.30. The number of carbonyl (C=O) groups is 1. The van der Waals surface area contributed by atoms with Gasteiger partial charge in [0.25, 0.3) is 11.8 Å². The fraction of sp³-hybridized carbons (Fsp3) is 0.391. The van der Waals surface area contributed by atoms with E-state index in [1.54, 1.807) is 13.8 Å². The van der Waals surface area contributed by atoms with Crippen molar-refractivity contribution in [2.75, 3.05) is 18.4 Å². The van der Waals surface area contributed by atoms with Gasteiger partial charge in [-0.1, -0.05) is 37.3 Å². The molecule has 0 spiro atoms. The highest BCUT2D eigenvalue weighted by molar-refractivity contribution is 7.15. The van der Waals surface area contributed by atoms with Crippen LogP contribution in [0.1, 0.15) is 34.4 Å². The molecule has 1 aromatic carbocycles. The number of aryl methyl sites for hydroxylation is 1. The van der Waals surface area contributed by atoms with Gasteiger partial charge >= 0.3 is 6.18 Å². The number of thiazole rings is 1. The van der Waals surface area contributed by atoms with Crippen LogP contribution in [0.3, 0.4) is 0 Å². The van der Waals surface area contributed by atoms with Gasteiger partial charge in [-0.05, 0) is 18.4 Å². The molecule has 2 atom stereocenters. The first-order valence-corrected chi connectivity index (χ1v) is 11.6. The molecule has 3 heterocycles. The molecule has 12 heteroatoms. The summed E-state index contributed by atoms with van der Waals surface area (Å²) in [6.07, 6.45) is -3.73. The molecule has 186 valence electrons. The molecule has 1 saturated heterocycles. The standard InChI is InChI=1S/C23H22F5N5OS/c1-13-8-22(24,25)12-33(17(13)11-31-21-29-9-16(10-30-21)23(26,27)28)20(34)18-19(35-14(2)32-18)15-6-4-3-5-7-15/h3-7,9-10,13,17H,8,11-12H2,1-2H3,(H,29,30,31)/t13-,17-/m1/s1. The topological polar surface area (TPSA) is 71.0 Å². The maximum Gasteiger partial charge on any atom is 0.419 e. The maximum absolute atomic E-state index is 14.5. The molecular weight excluding hydrogens is 489 g/mol. The van der Waals surface area contributed by atoms with Crippen molar-refractivity contribution in [2.45, 2.75) is 38.4 Å². The zero-order valence-electron chi connectivity index (χ0n) is 18.8. The highest BCUT2D eigenvalue weighted by atomic mass is 32.1. The highest BCUT2D eigenvalue weighted by Gasteiger charge is 2.47. The van der Waals surface area contributed by atoms with Crippen molar-refractivity contribution in [2.24, 2.45) is 5.92 Å². The molecule has 0 aliphatic carbocycles. The Balaban J connectivity index is 1.60. The van der Waals surface area contributed by atoms with Crippen LogP contribution in [-0.4, -0.2) is 50.8 Å². The second-order valence-corrected chi connectivity index (χ2v) is 9.69. The van der Waals surface area contributed by atoms with Crippen molar-refractivity contribution < 1.29 is 26.7 Å². The van der Waals surface area contributed by atoms with Crippen LogP contribution < -0.4 is 5.32 Å². The number of benzene rings is 1. The summed E-state index contributed by atoms with van der Waals surface area (Å²) in [5, 5.41) is 3.41. The predicted molar refractivity (Wildman–Crippen MR) is 121 cm³/mol. The quantitative estimate of drug-likeness (QED) is 0.457. The fourth-order valence-corrected chi connectivity index (χ4v) is 5.05. The third-order valence-electron chi connectivity index (χ3n) is 5.76.